The van der Waals surface area contributed by atoms with E-state index in [2.05, 4.69) is 26.2 Å². The number of nitrogens with zero attached hydrogens (tertiary/aromatic N) is 3. The van der Waals surface area contributed by atoms with Gasteiger partial charge in [-0.1, -0.05) is 34.1 Å². The molecule has 0 saturated carbocycles. The molecule has 0 fully saturated rings. The molecule has 2 aromatic rings. The number of aromatic carboxylic acids is 1. The molecule has 1 aromatic heterocycles. The van der Waals surface area contributed by atoms with Crippen LogP contribution in [-0.4, -0.2) is 26.1 Å². The number of aryl methyl sites for hydroxylation is 1. The first-order valence-electron chi connectivity index (χ1n) is 5.49. The number of carboxylic acid groups (broad SMARTS) is 1. The van der Waals surface area contributed by atoms with E-state index in [1.54, 1.807) is 4.68 Å². The molecule has 5 nitrogen and oxygen atoms in total. The molecule has 6 heteroatoms. The van der Waals surface area contributed by atoms with Crippen LogP contribution in [0.4, 0.5) is 0 Å². The van der Waals surface area contributed by atoms with Crippen molar-refractivity contribution in [1.29, 1.82) is 0 Å². The van der Waals surface area contributed by atoms with Gasteiger partial charge in [0.05, 0.1) is 11.4 Å². The summed E-state index contributed by atoms with van der Waals surface area (Å²) < 4.78 is 2.52. The first kappa shape index (κ1) is 12.8. The maximum Gasteiger partial charge on any atom is 0.358 e. The second kappa shape index (κ2) is 4.89. The molecule has 0 spiro atoms. The number of carbonyl (C=O) groups is 1. The largest absolute Gasteiger partial charge is 0.476 e. The van der Waals surface area contributed by atoms with E-state index < -0.39 is 5.97 Å². The highest BCUT2D eigenvalue weighted by Crippen LogP contribution is 2.21. The van der Waals surface area contributed by atoms with Crippen LogP contribution >= 0.6 is 15.9 Å². The van der Waals surface area contributed by atoms with Gasteiger partial charge < -0.3 is 5.11 Å². The fraction of sp³-hybridized carbons (Fsp3) is 0.250. The molecule has 0 atom stereocenters. The average molecular weight is 310 g/mol. The Morgan fingerprint density at radius 1 is 1.50 bits per heavy atom. The summed E-state index contributed by atoms with van der Waals surface area (Å²) in [7, 11) is 0. The Kier molecular flexibility index (Phi) is 3.47. The van der Waals surface area contributed by atoms with Crippen molar-refractivity contribution >= 4 is 21.9 Å². The molecule has 1 N–H and O–H groups in total. The third kappa shape index (κ3) is 2.15. The number of benzene rings is 1. The summed E-state index contributed by atoms with van der Waals surface area (Å²) in [4.78, 5) is 11.0. The van der Waals surface area contributed by atoms with Crippen molar-refractivity contribution < 1.29 is 9.90 Å². The zero-order valence-corrected chi connectivity index (χ0v) is 11.6. The minimum atomic E-state index is -1.05. The van der Waals surface area contributed by atoms with Crippen LogP contribution in [0.1, 0.15) is 28.7 Å². The van der Waals surface area contributed by atoms with Crippen molar-refractivity contribution in [2.24, 2.45) is 0 Å². The minimum Gasteiger partial charge on any atom is -0.476 e. The molecule has 1 heterocycles. The lowest BCUT2D eigenvalue weighted by molar-refractivity contribution is 0.0689. The fourth-order valence-corrected chi connectivity index (χ4v) is 2.07. The van der Waals surface area contributed by atoms with E-state index in [0.717, 1.165) is 15.7 Å². The van der Waals surface area contributed by atoms with Gasteiger partial charge in [0, 0.05) is 4.47 Å². The van der Waals surface area contributed by atoms with Crippen LogP contribution in [0, 0.1) is 6.92 Å². The summed E-state index contributed by atoms with van der Waals surface area (Å²) in [5.41, 5.74) is 2.51. The van der Waals surface area contributed by atoms with Crippen LogP contribution in [-0.2, 0) is 6.42 Å². The Hall–Kier alpha value is -1.69. The van der Waals surface area contributed by atoms with Gasteiger partial charge in [-0.25, -0.2) is 9.48 Å². The van der Waals surface area contributed by atoms with E-state index in [1.165, 1.54) is 0 Å². The molecule has 2 rings (SSSR count). The Bertz CT molecular complexity index is 607. The smallest absolute Gasteiger partial charge is 0.358 e. The third-order valence-electron chi connectivity index (χ3n) is 2.70. The van der Waals surface area contributed by atoms with E-state index in [1.807, 2.05) is 32.0 Å². The van der Waals surface area contributed by atoms with Gasteiger partial charge in [-0.3, -0.25) is 0 Å². The molecule has 1 aromatic carbocycles. The lowest BCUT2D eigenvalue weighted by Crippen LogP contribution is -2.06. The van der Waals surface area contributed by atoms with Crippen LogP contribution in [0.2, 0.25) is 0 Å². The molecule has 0 unspecified atom stereocenters. The van der Waals surface area contributed by atoms with Crippen LogP contribution < -0.4 is 0 Å². The van der Waals surface area contributed by atoms with E-state index in [0.29, 0.717) is 12.1 Å². The molecule has 0 amide bonds. The topological polar surface area (TPSA) is 68.0 Å². The first-order chi connectivity index (χ1) is 8.54. The average Bonchev–Trinajstić information content (AvgIpc) is 2.76. The predicted molar refractivity (Wildman–Crippen MR) is 70.1 cm³/mol. The summed E-state index contributed by atoms with van der Waals surface area (Å²) >= 11 is 3.45. The monoisotopic (exact) mass is 309 g/mol. The van der Waals surface area contributed by atoms with Crippen LogP contribution in [0.3, 0.4) is 0 Å². The molecule has 0 radical (unpaired) electrons. The highest BCUT2D eigenvalue weighted by atomic mass is 79.9. The van der Waals surface area contributed by atoms with Gasteiger partial charge in [0.25, 0.3) is 0 Å². The highest BCUT2D eigenvalue weighted by molar-refractivity contribution is 9.10. The quantitative estimate of drug-likeness (QED) is 0.946. The molecule has 0 aliphatic heterocycles. The molecule has 0 saturated heterocycles. The number of rotatable bonds is 3. The van der Waals surface area contributed by atoms with Crippen LogP contribution in [0.5, 0.6) is 0 Å². The predicted octanol–water partition coefficient (Wildman–Crippen LogP) is 2.60. The van der Waals surface area contributed by atoms with Crippen molar-refractivity contribution in [2.75, 3.05) is 0 Å². The zero-order valence-electron chi connectivity index (χ0n) is 10.0. The maximum atomic E-state index is 11.0. The first-order valence-corrected chi connectivity index (χ1v) is 6.28. The molecule has 0 aliphatic rings. The number of halogens is 1. The van der Waals surface area contributed by atoms with Crippen molar-refractivity contribution in [3.8, 4) is 5.69 Å². The summed E-state index contributed by atoms with van der Waals surface area (Å²) in [5, 5.41) is 16.7. The number of aromatic nitrogens is 3. The lowest BCUT2D eigenvalue weighted by Gasteiger charge is -2.06. The Balaban J connectivity index is 2.57. The van der Waals surface area contributed by atoms with E-state index in [4.69, 9.17) is 5.11 Å². The molecular formula is C12H12BrN3O2. The minimum absolute atomic E-state index is 0.00852. The normalized spacial score (nSPS) is 10.6. The lowest BCUT2D eigenvalue weighted by atomic mass is 10.2. The van der Waals surface area contributed by atoms with Gasteiger partial charge >= 0.3 is 5.97 Å². The summed E-state index contributed by atoms with van der Waals surface area (Å²) in [6.45, 7) is 3.86. The highest BCUT2D eigenvalue weighted by Gasteiger charge is 2.18. The second-order valence-electron chi connectivity index (χ2n) is 3.89. The van der Waals surface area contributed by atoms with Gasteiger partial charge in [0.2, 0.25) is 0 Å². The van der Waals surface area contributed by atoms with Crippen molar-refractivity contribution in [1.82, 2.24) is 15.0 Å². The zero-order chi connectivity index (χ0) is 13.3. The van der Waals surface area contributed by atoms with Crippen molar-refractivity contribution in [3.05, 3.63) is 39.6 Å². The SMILES string of the molecule is CCc1c(C(=O)O)nnn1-c1ccc(C)c(Br)c1. The van der Waals surface area contributed by atoms with Gasteiger partial charge in [-0.2, -0.15) is 0 Å². The molecule has 0 aliphatic carbocycles. The Morgan fingerprint density at radius 3 is 2.78 bits per heavy atom. The number of hydrogen-bond donors (Lipinski definition) is 1. The standard InChI is InChI=1S/C12H12BrN3O2/c1-3-10-11(12(17)18)14-15-16(10)8-5-4-7(2)9(13)6-8/h4-6H,3H2,1-2H3,(H,17,18). The van der Waals surface area contributed by atoms with Crippen LogP contribution in [0.15, 0.2) is 22.7 Å². The summed E-state index contributed by atoms with van der Waals surface area (Å²) in [5.74, 6) is -1.05. The molecular weight excluding hydrogens is 298 g/mol. The van der Waals surface area contributed by atoms with Gasteiger partial charge in [-0.05, 0) is 31.0 Å². The van der Waals surface area contributed by atoms with Crippen molar-refractivity contribution in [2.45, 2.75) is 20.3 Å². The van der Waals surface area contributed by atoms with Gasteiger partial charge in [0.15, 0.2) is 5.69 Å². The molecule has 18 heavy (non-hydrogen) atoms. The number of hydrogen-bond acceptors (Lipinski definition) is 3. The van der Waals surface area contributed by atoms with Gasteiger partial charge in [0.1, 0.15) is 0 Å². The number of carboxylic acids is 1. The van der Waals surface area contributed by atoms with Crippen molar-refractivity contribution in [3.63, 3.8) is 0 Å². The fourth-order valence-electron chi connectivity index (χ4n) is 1.71. The second-order valence-corrected chi connectivity index (χ2v) is 4.74. The third-order valence-corrected chi connectivity index (χ3v) is 3.55. The van der Waals surface area contributed by atoms with E-state index in [-0.39, 0.29) is 5.69 Å². The van der Waals surface area contributed by atoms with E-state index in [9.17, 15) is 4.79 Å². The van der Waals surface area contributed by atoms with Crippen LogP contribution in [0.25, 0.3) is 5.69 Å². The Morgan fingerprint density at radius 2 is 2.22 bits per heavy atom. The summed E-state index contributed by atoms with van der Waals surface area (Å²) in [6, 6.07) is 5.73. The Labute approximate surface area is 113 Å². The maximum absolute atomic E-state index is 11.0. The molecule has 0 bridgehead atoms. The molecule has 94 valence electrons. The van der Waals surface area contributed by atoms with E-state index >= 15 is 0 Å². The van der Waals surface area contributed by atoms with Gasteiger partial charge in [-0.15, -0.1) is 5.10 Å². The summed E-state index contributed by atoms with van der Waals surface area (Å²) in [6.07, 6.45) is 0.556.